The molecule has 0 spiro atoms. The van der Waals surface area contributed by atoms with E-state index >= 15 is 0 Å². The van der Waals surface area contributed by atoms with Gasteiger partial charge in [-0.25, -0.2) is 9.97 Å². The van der Waals surface area contributed by atoms with Crippen LogP contribution in [0.4, 0.5) is 28.9 Å². The fraction of sp³-hybridized carbons (Fsp3) is 0. The average molecular weight is 386 g/mol. The predicted octanol–water partition coefficient (Wildman–Crippen LogP) is 2.49. The fourth-order valence-electron chi connectivity index (χ4n) is 0.887. The highest BCUT2D eigenvalue weighted by Crippen LogP contribution is 2.18. The van der Waals surface area contributed by atoms with E-state index in [2.05, 4.69) is 9.97 Å². The average Bonchev–Trinajstić information content (AvgIpc) is 2.39. The second-order valence-corrected chi connectivity index (χ2v) is 4.29. The molecule has 4 N–H and O–H groups in total. The normalized spacial score (nSPS) is 9.74. The zero-order chi connectivity index (χ0) is 14.6. The molecule has 4 nitrogen and oxygen atoms in total. The van der Waals surface area contributed by atoms with Gasteiger partial charge in [0.1, 0.15) is 0 Å². The minimum Gasteiger partial charge on any atom is -0.396 e. The molecule has 19 heavy (non-hydrogen) atoms. The summed E-state index contributed by atoms with van der Waals surface area (Å²) in [6.07, 6.45) is 2.28. The molecule has 0 aliphatic heterocycles. The van der Waals surface area contributed by atoms with Crippen molar-refractivity contribution in [1.29, 1.82) is 0 Å². The number of nitrogens with two attached hydrogens (primary N) is 2. The van der Waals surface area contributed by atoms with Crippen molar-refractivity contribution < 1.29 is 17.6 Å². The monoisotopic (exact) mass is 386 g/mol. The van der Waals surface area contributed by atoms with E-state index in [-0.39, 0.29) is 11.4 Å². The molecule has 2 rings (SSSR count). The van der Waals surface area contributed by atoms with Crippen LogP contribution in [0.1, 0.15) is 0 Å². The number of nitrogens with zero attached hydrogens (tertiary/aromatic N) is 2. The van der Waals surface area contributed by atoms with Crippen molar-refractivity contribution in [1.82, 2.24) is 9.97 Å². The van der Waals surface area contributed by atoms with Gasteiger partial charge in [0, 0.05) is 12.4 Å². The molecule has 0 aromatic carbocycles. The van der Waals surface area contributed by atoms with E-state index in [9.17, 15) is 17.6 Å². The summed E-state index contributed by atoms with van der Waals surface area (Å²) in [5.74, 6) is -4.47. The van der Waals surface area contributed by atoms with Crippen molar-refractivity contribution in [2.45, 2.75) is 0 Å². The van der Waals surface area contributed by atoms with Gasteiger partial charge in [-0.05, 0) is 28.7 Å². The largest absolute Gasteiger partial charge is 0.396 e. The maximum atomic E-state index is 12.4. The van der Waals surface area contributed by atoms with Crippen LogP contribution in [0.25, 0.3) is 0 Å². The second kappa shape index (κ2) is 6.50. The van der Waals surface area contributed by atoms with Crippen LogP contribution >= 0.6 is 22.6 Å². The van der Waals surface area contributed by atoms with Crippen molar-refractivity contribution >= 4 is 34.0 Å². The summed E-state index contributed by atoms with van der Waals surface area (Å²) in [6, 6.07) is 1.19. The molecule has 0 saturated heterocycles. The van der Waals surface area contributed by atoms with Crippen molar-refractivity contribution in [2.75, 3.05) is 11.5 Å². The lowest BCUT2D eigenvalue weighted by Crippen LogP contribution is -1.99. The lowest BCUT2D eigenvalue weighted by atomic mass is 10.4. The Morgan fingerprint density at radius 3 is 2.00 bits per heavy atom. The van der Waals surface area contributed by atoms with Crippen LogP contribution < -0.4 is 11.5 Å². The molecule has 2 heterocycles. The Morgan fingerprint density at radius 2 is 1.53 bits per heavy atom. The van der Waals surface area contributed by atoms with E-state index in [1.54, 1.807) is 22.6 Å². The number of nitrogen functional groups attached to an aromatic ring is 2. The summed E-state index contributed by atoms with van der Waals surface area (Å²) in [7, 11) is 0. The molecule has 9 heteroatoms. The number of hydrogen-bond donors (Lipinski definition) is 2. The Labute approximate surface area is 119 Å². The standard InChI is InChI=1S/C5H3F2IN2.C5H4F2N2/c6-3-4(9)2(8)1-10-5(3)7;6-4-3(8)1-2-9-5(4)7/h1H,(H2,9,10);1-2H,(H2,8,9). The second-order valence-electron chi connectivity index (χ2n) is 3.13. The maximum absolute atomic E-state index is 12.4. The molecule has 0 saturated carbocycles. The van der Waals surface area contributed by atoms with Gasteiger partial charge in [0.25, 0.3) is 11.9 Å². The molecule has 2 aromatic heterocycles. The zero-order valence-corrected chi connectivity index (χ0v) is 11.3. The van der Waals surface area contributed by atoms with Gasteiger partial charge in [0.15, 0.2) is 0 Å². The number of pyridine rings is 2. The summed E-state index contributed by atoms with van der Waals surface area (Å²) >= 11 is 1.77. The van der Waals surface area contributed by atoms with Gasteiger partial charge >= 0.3 is 0 Å². The minimum atomic E-state index is -1.16. The Hall–Kier alpha value is -1.65. The van der Waals surface area contributed by atoms with Gasteiger partial charge in [-0.2, -0.15) is 17.6 Å². The number of hydrogen-bond acceptors (Lipinski definition) is 4. The third-order valence-corrected chi connectivity index (χ3v) is 2.70. The number of anilines is 2. The van der Waals surface area contributed by atoms with Crippen molar-refractivity contribution in [2.24, 2.45) is 0 Å². The Balaban J connectivity index is 0.000000191. The van der Waals surface area contributed by atoms with Gasteiger partial charge in [-0.1, -0.05) is 0 Å². The molecule has 0 amide bonds. The fourth-order valence-corrected chi connectivity index (χ4v) is 1.26. The summed E-state index contributed by atoms with van der Waals surface area (Å²) in [5.41, 5.74) is 9.68. The highest BCUT2D eigenvalue weighted by Gasteiger charge is 2.08. The molecule has 2 aromatic rings. The SMILES string of the molecule is Nc1c(I)cnc(F)c1F.Nc1ccnc(F)c1F. The van der Waals surface area contributed by atoms with Crippen LogP contribution in [0.3, 0.4) is 0 Å². The van der Waals surface area contributed by atoms with Crippen LogP contribution in [0.5, 0.6) is 0 Å². The highest BCUT2D eigenvalue weighted by atomic mass is 127. The number of aromatic nitrogens is 2. The number of rotatable bonds is 0. The Bertz CT molecular complexity index is 547. The van der Waals surface area contributed by atoms with Gasteiger partial charge < -0.3 is 11.5 Å². The van der Waals surface area contributed by atoms with Crippen molar-refractivity contribution in [3.8, 4) is 0 Å². The third-order valence-electron chi connectivity index (χ3n) is 1.84. The smallest absolute Gasteiger partial charge is 0.251 e. The molecule has 0 bridgehead atoms. The lowest BCUT2D eigenvalue weighted by molar-refractivity contribution is 0.481. The third kappa shape index (κ3) is 3.91. The number of halogens is 5. The quantitative estimate of drug-likeness (QED) is 0.415. The molecule has 0 aliphatic rings. The lowest BCUT2D eigenvalue weighted by Gasteiger charge is -1.97. The van der Waals surface area contributed by atoms with Crippen molar-refractivity contribution in [3.05, 3.63) is 45.6 Å². The molecule has 0 fully saturated rings. The van der Waals surface area contributed by atoms with E-state index in [1.807, 2.05) is 0 Å². The zero-order valence-electron chi connectivity index (χ0n) is 9.17. The molecule has 0 atom stereocenters. The Morgan fingerprint density at radius 1 is 0.947 bits per heavy atom. The van der Waals surface area contributed by atoms with Gasteiger partial charge in [-0.3, -0.25) is 0 Å². The van der Waals surface area contributed by atoms with Gasteiger partial charge in [0.05, 0.1) is 14.9 Å². The van der Waals surface area contributed by atoms with E-state index in [1.165, 1.54) is 12.3 Å². The molecular formula is C10H7F4IN4. The van der Waals surface area contributed by atoms with E-state index in [0.29, 0.717) is 3.57 Å². The molecule has 102 valence electrons. The molecular weight excluding hydrogens is 379 g/mol. The molecule has 0 radical (unpaired) electrons. The summed E-state index contributed by atoms with van der Waals surface area (Å²) in [5, 5.41) is 0. The Kier molecular flexibility index (Phi) is 5.27. The van der Waals surface area contributed by atoms with Crippen LogP contribution in [-0.4, -0.2) is 9.97 Å². The van der Waals surface area contributed by atoms with E-state index in [0.717, 1.165) is 6.20 Å². The summed E-state index contributed by atoms with van der Waals surface area (Å²) in [6.45, 7) is 0. The highest BCUT2D eigenvalue weighted by molar-refractivity contribution is 14.1. The maximum Gasteiger partial charge on any atom is 0.251 e. The first-order valence-corrected chi connectivity index (χ1v) is 5.73. The van der Waals surface area contributed by atoms with Crippen LogP contribution in [0, 0.1) is 27.1 Å². The summed E-state index contributed by atoms with van der Waals surface area (Å²) < 4.78 is 49.2. The van der Waals surface area contributed by atoms with Gasteiger partial charge in [-0.15, -0.1) is 0 Å². The first-order chi connectivity index (χ1) is 8.84. The van der Waals surface area contributed by atoms with Crippen molar-refractivity contribution in [3.63, 3.8) is 0 Å². The van der Waals surface area contributed by atoms with Crippen LogP contribution in [-0.2, 0) is 0 Å². The molecule has 0 unspecified atom stereocenters. The summed E-state index contributed by atoms with van der Waals surface area (Å²) in [4.78, 5) is 6.13. The van der Waals surface area contributed by atoms with E-state index in [4.69, 9.17) is 11.5 Å². The van der Waals surface area contributed by atoms with Crippen LogP contribution in [0.2, 0.25) is 0 Å². The first-order valence-electron chi connectivity index (χ1n) is 4.65. The van der Waals surface area contributed by atoms with Crippen LogP contribution in [0.15, 0.2) is 18.5 Å². The topological polar surface area (TPSA) is 77.8 Å². The minimum absolute atomic E-state index is 0.187. The van der Waals surface area contributed by atoms with Gasteiger partial charge in [0.2, 0.25) is 11.6 Å². The molecule has 0 aliphatic carbocycles. The first kappa shape index (κ1) is 15.4. The predicted molar refractivity (Wildman–Crippen MR) is 69.8 cm³/mol. The van der Waals surface area contributed by atoms with E-state index < -0.39 is 23.5 Å².